The summed E-state index contributed by atoms with van der Waals surface area (Å²) in [6, 6.07) is 34.7. The Morgan fingerprint density at radius 2 is 1.64 bits per heavy atom. The Morgan fingerprint density at radius 1 is 0.929 bits per heavy atom. The molecule has 1 aliphatic heterocycles. The first kappa shape index (κ1) is 29.3. The van der Waals surface area contributed by atoms with Gasteiger partial charge in [0.1, 0.15) is 5.75 Å². The summed E-state index contributed by atoms with van der Waals surface area (Å²) in [4.78, 5) is 19.2. The molecule has 0 aromatic heterocycles. The number of benzene rings is 4. The highest BCUT2D eigenvalue weighted by Crippen LogP contribution is 2.42. The number of ether oxygens (including phenoxy) is 2. The molecule has 7 nitrogen and oxygen atoms in total. The second kappa shape index (κ2) is 14.1. The Bertz CT molecular complexity index is 1480. The lowest BCUT2D eigenvalue weighted by Crippen LogP contribution is -2.54. The van der Waals surface area contributed by atoms with Gasteiger partial charge in [-0.3, -0.25) is 10.2 Å². The smallest absolute Gasteiger partial charge is 0.266 e. The molecular formula is C34H34ClN3O4. The summed E-state index contributed by atoms with van der Waals surface area (Å²) in [6.07, 6.45) is 0.915. The maximum Gasteiger partial charge on any atom is 0.266 e. The summed E-state index contributed by atoms with van der Waals surface area (Å²) in [6.45, 7) is 1.01. The summed E-state index contributed by atoms with van der Waals surface area (Å²) in [5.74, 6) is 0.781. The van der Waals surface area contributed by atoms with E-state index in [-0.39, 0.29) is 12.5 Å². The predicted molar refractivity (Wildman–Crippen MR) is 165 cm³/mol. The third kappa shape index (κ3) is 7.18. The lowest BCUT2D eigenvalue weighted by molar-refractivity contribution is -0.130. The van der Waals surface area contributed by atoms with Crippen LogP contribution in [0.5, 0.6) is 5.75 Å². The molecule has 216 valence electrons. The number of aliphatic hydroxyl groups excluding tert-OH is 1. The highest BCUT2D eigenvalue weighted by Gasteiger charge is 2.53. The monoisotopic (exact) mass is 583 g/mol. The van der Waals surface area contributed by atoms with Crippen LogP contribution in [-0.4, -0.2) is 42.2 Å². The second-order valence-electron chi connectivity index (χ2n) is 10.1. The number of carbonyl (C=O) groups is 1. The molecule has 2 atom stereocenters. The first-order chi connectivity index (χ1) is 20.6. The third-order valence-corrected chi connectivity index (χ3v) is 7.31. The van der Waals surface area contributed by atoms with E-state index in [1.54, 1.807) is 0 Å². The fourth-order valence-corrected chi connectivity index (χ4v) is 5.18. The van der Waals surface area contributed by atoms with Crippen molar-refractivity contribution in [1.29, 1.82) is 0 Å². The van der Waals surface area contributed by atoms with Crippen LogP contribution in [-0.2, 0) is 22.4 Å². The zero-order chi connectivity index (χ0) is 29.2. The van der Waals surface area contributed by atoms with Gasteiger partial charge in [0.2, 0.25) is 5.90 Å². The molecule has 0 saturated heterocycles. The van der Waals surface area contributed by atoms with Crippen LogP contribution >= 0.6 is 11.6 Å². The third-order valence-electron chi connectivity index (χ3n) is 7.08. The minimum Gasteiger partial charge on any atom is -0.494 e. The minimum atomic E-state index is -1.28. The van der Waals surface area contributed by atoms with Crippen LogP contribution in [0.3, 0.4) is 0 Å². The number of halogens is 1. The van der Waals surface area contributed by atoms with E-state index in [0.717, 1.165) is 22.3 Å². The Hall–Kier alpha value is -4.17. The van der Waals surface area contributed by atoms with Crippen LogP contribution in [0, 0.1) is 0 Å². The van der Waals surface area contributed by atoms with Gasteiger partial charge in [-0.25, -0.2) is 10.4 Å². The number of hydrogen-bond donors (Lipinski definition) is 3. The van der Waals surface area contributed by atoms with Crippen molar-refractivity contribution < 1.29 is 19.4 Å². The Labute approximate surface area is 251 Å². The van der Waals surface area contributed by atoms with Crippen molar-refractivity contribution in [3.63, 3.8) is 0 Å². The van der Waals surface area contributed by atoms with Gasteiger partial charge in [0, 0.05) is 36.6 Å². The van der Waals surface area contributed by atoms with Crippen molar-refractivity contribution >= 4 is 23.4 Å². The SMILES string of the molecule is O=C(NNCCc1cccc(Cl)c1)[C@@]1(Cc2ccccc2)N=C(c2ccc(OCCCO)cc2)O[C@H]1c1ccccc1. The molecule has 42 heavy (non-hydrogen) atoms. The summed E-state index contributed by atoms with van der Waals surface area (Å²) >= 11 is 6.13. The van der Waals surface area contributed by atoms with Crippen LogP contribution in [0.4, 0.5) is 0 Å². The predicted octanol–water partition coefficient (Wildman–Crippen LogP) is 5.46. The van der Waals surface area contributed by atoms with Crippen LogP contribution in [0.25, 0.3) is 0 Å². The fourth-order valence-electron chi connectivity index (χ4n) is 4.97. The van der Waals surface area contributed by atoms with Crippen molar-refractivity contribution in [3.05, 3.63) is 136 Å². The summed E-state index contributed by atoms with van der Waals surface area (Å²) in [5.41, 5.74) is 8.37. The van der Waals surface area contributed by atoms with Gasteiger partial charge >= 0.3 is 0 Å². The summed E-state index contributed by atoms with van der Waals surface area (Å²) in [7, 11) is 0. The van der Waals surface area contributed by atoms with E-state index in [9.17, 15) is 4.79 Å². The molecule has 4 aromatic rings. The molecule has 0 aliphatic carbocycles. The number of hydrogen-bond acceptors (Lipinski definition) is 6. The molecule has 3 N–H and O–H groups in total. The van der Waals surface area contributed by atoms with Gasteiger partial charge in [-0.2, -0.15) is 0 Å². The number of rotatable bonds is 13. The largest absolute Gasteiger partial charge is 0.494 e. The lowest BCUT2D eigenvalue weighted by atomic mass is 9.82. The zero-order valence-corrected chi connectivity index (χ0v) is 24.0. The van der Waals surface area contributed by atoms with E-state index in [1.807, 2.05) is 109 Å². The first-order valence-electron chi connectivity index (χ1n) is 14.0. The van der Waals surface area contributed by atoms with Crippen LogP contribution in [0.2, 0.25) is 5.02 Å². The standard InChI is InChI=1S/C34H34ClN3O4/c35-29-14-7-11-25(23-29)19-20-36-38-33(40)34(24-26-9-3-1-4-10-26)31(27-12-5-2-6-13-27)42-32(37-34)28-15-17-30(18-16-28)41-22-8-21-39/h1-7,9-18,23,31,36,39H,8,19-22,24H2,(H,38,40)/t31-,34-/m0/s1. The van der Waals surface area contributed by atoms with E-state index in [0.29, 0.717) is 49.1 Å². The van der Waals surface area contributed by atoms with E-state index < -0.39 is 11.6 Å². The van der Waals surface area contributed by atoms with Crippen molar-refractivity contribution in [2.45, 2.75) is 30.9 Å². The molecule has 1 aliphatic rings. The normalized spacial score (nSPS) is 17.8. The second-order valence-corrected chi connectivity index (χ2v) is 10.6. The van der Waals surface area contributed by atoms with Gasteiger partial charge in [-0.1, -0.05) is 84.4 Å². The minimum absolute atomic E-state index is 0.0740. The van der Waals surface area contributed by atoms with Crippen molar-refractivity contribution in [2.24, 2.45) is 4.99 Å². The van der Waals surface area contributed by atoms with Crippen molar-refractivity contribution in [1.82, 2.24) is 10.9 Å². The summed E-state index contributed by atoms with van der Waals surface area (Å²) in [5, 5.41) is 9.71. The Kier molecular flexibility index (Phi) is 9.87. The highest BCUT2D eigenvalue weighted by atomic mass is 35.5. The van der Waals surface area contributed by atoms with Crippen LogP contribution in [0.15, 0.2) is 114 Å². The number of aliphatic imine (C=N–C) groups is 1. The van der Waals surface area contributed by atoms with E-state index in [1.165, 1.54) is 0 Å². The molecule has 1 heterocycles. The van der Waals surface area contributed by atoms with E-state index in [2.05, 4.69) is 10.9 Å². The molecule has 5 rings (SSSR count). The average molecular weight is 584 g/mol. The number of nitrogens with one attached hydrogen (secondary N) is 2. The number of hydrazine groups is 1. The van der Waals surface area contributed by atoms with Gasteiger partial charge in [0.05, 0.1) is 6.61 Å². The number of nitrogens with zero attached hydrogens (tertiary/aromatic N) is 1. The topological polar surface area (TPSA) is 92.2 Å². The molecule has 4 aromatic carbocycles. The molecule has 0 fully saturated rings. The van der Waals surface area contributed by atoms with Crippen molar-refractivity contribution in [2.75, 3.05) is 19.8 Å². The zero-order valence-electron chi connectivity index (χ0n) is 23.2. The average Bonchev–Trinajstić information content (AvgIpc) is 3.41. The van der Waals surface area contributed by atoms with Crippen molar-refractivity contribution in [3.8, 4) is 5.75 Å². The molecule has 8 heteroatoms. The van der Waals surface area contributed by atoms with E-state index in [4.69, 9.17) is 31.2 Å². The highest BCUT2D eigenvalue weighted by molar-refractivity contribution is 6.30. The molecule has 0 radical (unpaired) electrons. The lowest BCUT2D eigenvalue weighted by Gasteiger charge is -2.30. The summed E-state index contributed by atoms with van der Waals surface area (Å²) < 4.78 is 12.2. The Morgan fingerprint density at radius 3 is 2.36 bits per heavy atom. The maximum atomic E-state index is 14.2. The molecule has 1 amide bonds. The fraction of sp³-hybridized carbons (Fsp3) is 0.235. The van der Waals surface area contributed by atoms with E-state index >= 15 is 0 Å². The molecule has 0 bridgehead atoms. The van der Waals surface area contributed by atoms with Crippen LogP contribution in [0.1, 0.15) is 34.8 Å². The van der Waals surface area contributed by atoms with Gasteiger partial charge in [-0.05, 0) is 59.5 Å². The van der Waals surface area contributed by atoms with Gasteiger partial charge in [0.25, 0.3) is 5.91 Å². The molecular weight excluding hydrogens is 550 g/mol. The Balaban J connectivity index is 1.44. The first-order valence-corrected chi connectivity index (χ1v) is 14.4. The van der Waals surface area contributed by atoms with Crippen LogP contribution < -0.4 is 15.6 Å². The van der Waals surface area contributed by atoms with Gasteiger partial charge in [-0.15, -0.1) is 0 Å². The number of carbonyl (C=O) groups excluding carboxylic acids is 1. The van der Waals surface area contributed by atoms with Gasteiger partial charge in [0.15, 0.2) is 11.6 Å². The molecule has 0 saturated carbocycles. The number of aliphatic hydroxyl groups is 1. The van der Waals surface area contributed by atoms with Gasteiger partial charge < -0.3 is 14.6 Å². The molecule has 0 spiro atoms. The maximum absolute atomic E-state index is 14.2. The molecule has 0 unspecified atom stereocenters. The quantitative estimate of drug-likeness (QED) is 0.143. The number of amides is 1.